The Balaban J connectivity index is 2.30. The summed E-state index contributed by atoms with van der Waals surface area (Å²) in [5, 5.41) is 3.67. The Kier molecular flexibility index (Phi) is 3.51. The van der Waals surface area contributed by atoms with Crippen LogP contribution < -0.4 is 0 Å². The van der Waals surface area contributed by atoms with E-state index in [0.717, 1.165) is 5.76 Å². The molecule has 19 heavy (non-hydrogen) atoms. The first-order valence-corrected chi connectivity index (χ1v) is 7.21. The first-order chi connectivity index (χ1) is 8.82. The molecule has 0 fully saturated rings. The summed E-state index contributed by atoms with van der Waals surface area (Å²) in [6, 6.07) is 3.56. The Hall–Kier alpha value is -1.60. The largest absolute Gasteiger partial charge is 0.465 e. The standard InChI is InChI=1S/C12H16N2O4S/c1-8-5-6-11(17-8)7-14(4)19(15,16)12-9(2)13-18-10(12)3/h5-6H,7H2,1-4H3. The Morgan fingerprint density at radius 2 is 1.95 bits per heavy atom. The molecule has 0 saturated carbocycles. The summed E-state index contributed by atoms with van der Waals surface area (Å²) < 4.78 is 36.4. The Bertz CT molecular complexity index is 665. The van der Waals surface area contributed by atoms with Gasteiger partial charge in [-0.1, -0.05) is 5.16 Å². The number of hydrogen-bond acceptors (Lipinski definition) is 5. The van der Waals surface area contributed by atoms with Crippen LogP contribution in [0.4, 0.5) is 0 Å². The van der Waals surface area contributed by atoms with Gasteiger partial charge in [-0.3, -0.25) is 0 Å². The maximum Gasteiger partial charge on any atom is 0.248 e. The van der Waals surface area contributed by atoms with Crippen LogP contribution in [0.15, 0.2) is 26.0 Å². The monoisotopic (exact) mass is 284 g/mol. The lowest BCUT2D eigenvalue weighted by atomic mass is 10.4. The van der Waals surface area contributed by atoms with Crippen molar-refractivity contribution in [3.63, 3.8) is 0 Å². The van der Waals surface area contributed by atoms with Gasteiger partial charge < -0.3 is 8.94 Å². The van der Waals surface area contributed by atoms with Gasteiger partial charge >= 0.3 is 0 Å². The molecule has 0 aliphatic heterocycles. The molecule has 0 N–H and O–H groups in total. The summed E-state index contributed by atoms with van der Waals surface area (Å²) in [7, 11) is -2.13. The summed E-state index contributed by atoms with van der Waals surface area (Å²) >= 11 is 0. The number of furan rings is 1. The summed E-state index contributed by atoms with van der Waals surface area (Å²) in [6.45, 7) is 5.17. The molecule has 0 bridgehead atoms. The second-order valence-electron chi connectivity index (χ2n) is 4.43. The fourth-order valence-electron chi connectivity index (χ4n) is 1.87. The number of sulfonamides is 1. The van der Waals surface area contributed by atoms with E-state index in [1.54, 1.807) is 26.0 Å². The zero-order chi connectivity index (χ0) is 14.2. The molecule has 0 atom stereocenters. The van der Waals surface area contributed by atoms with Crippen LogP contribution in [-0.4, -0.2) is 24.9 Å². The van der Waals surface area contributed by atoms with Crippen molar-refractivity contribution in [3.8, 4) is 0 Å². The van der Waals surface area contributed by atoms with E-state index < -0.39 is 10.0 Å². The van der Waals surface area contributed by atoms with Crippen LogP contribution in [0, 0.1) is 20.8 Å². The number of aromatic nitrogens is 1. The van der Waals surface area contributed by atoms with Crippen molar-refractivity contribution < 1.29 is 17.4 Å². The number of hydrogen-bond donors (Lipinski definition) is 0. The van der Waals surface area contributed by atoms with Crippen molar-refractivity contribution >= 4 is 10.0 Å². The van der Waals surface area contributed by atoms with Gasteiger partial charge in [0.2, 0.25) is 10.0 Å². The molecule has 0 spiro atoms. The molecule has 0 unspecified atom stereocenters. The molecule has 0 amide bonds. The summed E-state index contributed by atoms with van der Waals surface area (Å²) in [6.07, 6.45) is 0. The second kappa shape index (κ2) is 4.82. The predicted octanol–water partition coefficient (Wildman–Crippen LogP) is 2.01. The van der Waals surface area contributed by atoms with Gasteiger partial charge in [-0.2, -0.15) is 4.31 Å². The maximum atomic E-state index is 12.4. The van der Waals surface area contributed by atoms with Gasteiger partial charge in [0, 0.05) is 7.05 Å². The smallest absolute Gasteiger partial charge is 0.248 e. The SMILES string of the molecule is Cc1ccc(CN(C)S(=O)(=O)c2c(C)noc2C)o1. The average Bonchev–Trinajstić information content (AvgIpc) is 2.85. The molecule has 104 valence electrons. The minimum absolute atomic E-state index is 0.123. The van der Waals surface area contributed by atoms with E-state index in [-0.39, 0.29) is 11.4 Å². The van der Waals surface area contributed by atoms with Gasteiger partial charge in [0.15, 0.2) is 5.76 Å². The van der Waals surface area contributed by atoms with Gasteiger partial charge in [0.1, 0.15) is 22.1 Å². The predicted molar refractivity (Wildman–Crippen MR) is 68.1 cm³/mol. The van der Waals surface area contributed by atoms with E-state index in [1.165, 1.54) is 11.4 Å². The fraction of sp³-hybridized carbons (Fsp3) is 0.417. The molecular weight excluding hydrogens is 268 g/mol. The Morgan fingerprint density at radius 3 is 2.42 bits per heavy atom. The van der Waals surface area contributed by atoms with E-state index >= 15 is 0 Å². The third-order valence-corrected chi connectivity index (χ3v) is 4.86. The normalized spacial score (nSPS) is 12.3. The minimum Gasteiger partial charge on any atom is -0.465 e. The molecule has 0 aliphatic rings. The van der Waals surface area contributed by atoms with Crippen LogP contribution in [0.1, 0.15) is 23.0 Å². The fourth-order valence-corrected chi connectivity index (χ4v) is 3.29. The van der Waals surface area contributed by atoms with Crippen LogP contribution in [0.3, 0.4) is 0 Å². The summed E-state index contributed by atoms with van der Waals surface area (Å²) in [5.74, 6) is 1.63. The van der Waals surface area contributed by atoms with Gasteiger partial charge in [-0.05, 0) is 32.9 Å². The zero-order valence-electron chi connectivity index (χ0n) is 11.3. The first-order valence-electron chi connectivity index (χ1n) is 5.77. The third-order valence-electron chi connectivity index (χ3n) is 2.81. The van der Waals surface area contributed by atoms with Crippen LogP contribution in [0.2, 0.25) is 0 Å². The molecule has 7 heteroatoms. The Morgan fingerprint density at radius 1 is 1.26 bits per heavy atom. The van der Waals surface area contributed by atoms with Crippen molar-refractivity contribution in [3.05, 3.63) is 35.1 Å². The van der Waals surface area contributed by atoms with E-state index in [2.05, 4.69) is 5.16 Å². The molecule has 0 radical (unpaired) electrons. The number of rotatable bonds is 4. The third kappa shape index (κ3) is 2.57. The van der Waals surface area contributed by atoms with Gasteiger partial charge in [0.05, 0.1) is 6.54 Å². The average molecular weight is 284 g/mol. The van der Waals surface area contributed by atoms with Gasteiger partial charge in [-0.15, -0.1) is 0 Å². The molecule has 0 aromatic carbocycles. The highest BCUT2D eigenvalue weighted by Crippen LogP contribution is 2.23. The van der Waals surface area contributed by atoms with E-state index in [0.29, 0.717) is 17.2 Å². The van der Waals surface area contributed by atoms with Gasteiger partial charge in [-0.25, -0.2) is 8.42 Å². The lowest BCUT2D eigenvalue weighted by Gasteiger charge is -2.15. The van der Waals surface area contributed by atoms with Crippen LogP contribution in [0.5, 0.6) is 0 Å². The van der Waals surface area contributed by atoms with E-state index in [4.69, 9.17) is 8.94 Å². The van der Waals surface area contributed by atoms with E-state index in [1.807, 2.05) is 6.92 Å². The van der Waals surface area contributed by atoms with Crippen LogP contribution in [0.25, 0.3) is 0 Å². The quantitative estimate of drug-likeness (QED) is 0.858. The molecule has 2 heterocycles. The van der Waals surface area contributed by atoms with Crippen molar-refractivity contribution in [1.82, 2.24) is 9.46 Å². The van der Waals surface area contributed by atoms with Crippen molar-refractivity contribution in [2.45, 2.75) is 32.2 Å². The minimum atomic E-state index is -3.63. The van der Waals surface area contributed by atoms with Crippen molar-refractivity contribution in [2.75, 3.05) is 7.05 Å². The molecule has 0 aliphatic carbocycles. The van der Waals surface area contributed by atoms with Crippen molar-refractivity contribution in [2.24, 2.45) is 0 Å². The highest BCUT2D eigenvalue weighted by molar-refractivity contribution is 7.89. The van der Waals surface area contributed by atoms with Crippen LogP contribution in [-0.2, 0) is 16.6 Å². The van der Waals surface area contributed by atoms with Gasteiger partial charge in [0.25, 0.3) is 0 Å². The Labute approximate surface area is 112 Å². The molecule has 2 aromatic heterocycles. The molecular formula is C12H16N2O4S. The number of aryl methyl sites for hydroxylation is 3. The molecule has 2 aromatic rings. The zero-order valence-corrected chi connectivity index (χ0v) is 12.1. The lowest BCUT2D eigenvalue weighted by molar-refractivity contribution is 0.386. The topological polar surface area (TPSA) is 76.6 Å². The molecule has 0 saturated heterocycles. The maximum absolute atomic E-state index is 12.4. The molecule has 2 rings (SSSR count). The summed E-state index contributed by atoms with van der Waals surface area (Å²) in [5.41, 5.74) is 0.361. The lowest BCUT2D eigenvalue weighted by Crippen LogP contribution is -2.27. The first kappa shape index (κ1) is 13.8. The highest BCUT2D eigenvalue weighted by Gasteiger charge is 2.29. The second-order valence-corrected chi connectivity index (χ2v) is 6.41. The molecule has 6 nitrogen and oxygen atoms in total. The number of nitrogens with zero attached hydrogens (tertiary/aromatic N) is 2. The highest BCUT2D eigenvalue weighted by atomic mass is 32.2. The van der Waals surface area contributed by atoms with Crippen LogP contribution >= 0.6 is 0 Å². The van der Waals surface area contributed by atoms with Crippen molar-refractivity contribution in [1.29, 1.82) is 0 Å². The van der Waals surface area contributed by atoms with E-state index in [9.17, 15) is 8.42 Å². The summed E-state index contributed by atoms with van der Waals surface area (Å²) in [4.78, 5) is 0.123.